The van der Waals surface area contributed by atoms with E-state index in [1.807, 2.05) is 0 Å². The zero-order valence-electron chi connectivity index (χ0n) is 8.82. The van der Waals surface area contributed by atoms with E-state index < -0.39 is 21.3 Å². The lowest BCUT2D eigenvalue weighted by atomic mass is 9.91. The summed E-state index contributed by atoms with van der Waals surface area (Å²) in [5.41, 5.74) is 4.50. The molecule has 2 rings (SSSR count). The van der Waals surface area contributed by atoms with Crippen LogP contribution in [0.1, 0.15) is 18.4 Å². The van der Waals surface area contributed by atoms with Gasteiger partial charge in [0.05, 0.1) is 11.5 Å². The minimum absolute atomic E-state index is 0.0748. The monoisotopic (exact) mass is 243 g/mol. The van der Waals surface area contributed by atoms with Gasteiger partial charge in [0.25, 0.3) is 0 Å². The number of nitrogens with two attached hydrogens (primary N) is 1. The first-order valence-corrected chi connectivity index (χ1v) is 6.99. The molecule has 0 bridgehead atoms. The summed E-state index contributed by atoms with van der Waals surface area (Å²) >= 11 is 0. The third-order valence-electron chi connectivity index (χ3n) is 2.92. The smallest absolute Gasteiger partial charge is 0.153 e. The molecule has 0 spiro atoms. The van der Waals surface area contributed by atoms with Gasteiger partial charge in [-0.05, 0) is 18.9 Å². The zero-order valence-corrected chi connectivity index (χ0v) is 9.63. The number of sulfone groups is 1. The van der Waals surface area contributed by atoms with E-state index >= 15 is 0 Å². The van der Waals surface area contributed by atoms with Crippen LogP contribution in [0.5, 0.6) is 0 Å². The van der Waals surface area contributed by atoms with Crippen LogP contribution >= 0.6 is 0 Å². The lowest BCUT2D eigenvalue weighted by Crippen LogP contribution is -2.36. The Hall–Kier alpha value is -1.10. The van der Waals surface area contributed by atoms with Crippen molar-refractivity contribution in [2.45, 2.75) is 18.5 Å². The predicted molar refractivity (Wildman–Crippen MR) is 61.5 cm³/mol. The highest BCUT2D eigenvalue weighted by molar-refractivity contribution is 7.91. The summed E-state index contributed by atoms with van der Waals surface area (Å²) in [7, 11) is -3.29. The van der Waals surface area contributed by atoms with Crippen LogP contribution in [0.4, 0.5) is 10.1 Å². The molecular formula is C11H14FNO2S. The maximum absolute atomic E-state index is 14.6. The molecule has 0 saturated carbocycles. The summed E-state index contributed by atoms with van der Waals surface area (Å²) in [6.45, 7) is 0. The number of alkyl halides is 1. The molecule has 16 heavy (non-hydrogen) atoms. The van der Waals surface area contributed by atoms with E-state index in [2.05, 4.69) is 0 Å². The number of para-hydroxylation sites is 1. The molecule has 0 aromatic heterocycles. The van der Waals surface area contributed by atoms with Crippen LogP contribution in [-0.2, 0) is 15.5 Å². The van der Waals surface area contributed by atoms with Crippen LogP contribution < -0.4 is 5.73 Å². The van der Waals surface area contributed by atoms with Crippen molar-refractivity contribution < 1.29 is 12.8 Å². The highest BCUT2D eigenvalue weighted by atomic mass is 32.2. The van der Waals surface area contributed by atoms with Gasteiger partial charge in [0.2, 0.25) is 0 Å². The van der Waals surface area contributed by atoms with Crippen molar-refractivity contribution in [3.8, 4) is 0 Å². The zero-order chi connectivity index (χ0) is 11.8. The van der Waals surface area contributed by atoms with Crippen LogP contribution in [0.2, 0.25) is 0 Å². The Morgan fingerprint density at radius 1 is 1.31 bits per heavy atom. The molecule has 1 saturated heterocycles. The molecule has 2 N–H and O–H groups in total. The summed E-state index contributed by atoms with van der Waals surface area (Å²) in [6, 6.07) is 6.54. The molecule has 3 nitrogen and oxygen atoms in total. The van der Waals surface area contributed by atoms with E-state index in [-0.39, 0.29) is 12.2 Å². The number of hydrogen-bond acceptors (Lipinski definition) is 3. The number of benzene rings is 1. The van der Waals surface area contributed by atoms with Gasteiger partial charge in [-0.15, -0.1) is 0 Å². The third-order valence-corrected chi connectivity index (χ3v) is 4.73. The molecule has 1 heterocycles. The fraction of sp³-hybridized carbons (Fsp3) is 0.455. The van der Waals surface area contributed by atoms with Crippen molar-refractivity contribution in [1.82, 2.24) is 0 Å². The van der Waals surface area contributed by atoms with Crippen LogP contribution in [0.3, 0.4) is 0 Å². The van der Waals surface area contributed by atoms with Crippen molar-refractivity contribution in [3.63, 3.8) is 0 Å². The number of anilines is 1. The Balaban J connectivity index is 2.43. The van der Waals surface area contributed by atoms with Gasteiger partial charge in [-0.2, -0.15) is 0 Å². The van der Waals surface area contributed by atoms with Crippen LogP contribution in [0.25, 0.3) is 0 Å². The number of rotatable bonds is 1. The van der Waals surface area contributed by atoms with E-state index in [4.69, 9.17) is 5.73 Å². The van der Waals surface area contributed by atoms with Crippen molar-refractivity contribution in [2.75, 3.05) is 17.2 Å². The molecule has 1 aliphatic rings. The average Bonchev–Trinajstić information content (AvgIpc) is 2.16. The fourth-order valence-corrected chi connectivity index (χ4v) is 3.91. The van der Waals surface area contributed by atoms with E-state index in [0.717, 1.165) is 0 Å². The van der Waals surface area contributed by atoms with E-state index in [9.17, 15) is 12.8 Å². The predicted octanol–water partition coefficient (Wildman–Crippen LogP) is 1.64. The van der Waals surface area contributed by atoms with Gasteiger partial charge in [-0.25, -0.2) is 12.8 Å². The first-order chi connectivity index (χ1) is 7.43. The van der Waals surface area contributed by atoms with Crippen molar-refractivity contribution in [1.29, 1.82) is 0 Å². The van der Waals surface area contributed by atoms with Crippen molar-refractivity contribution in [3.05, 3.63) is 29.8 Å². The van der Waals surface area contributed by atoms with Crippen LogP contribution in [-0.4, -0.2) is 19.9 Å². The fourth-order valence-electron chi connectivity index (χ4n) is 2.18. The maximum Gasteiger partial charge on any atom is 0.153 e. The minimum Gasteiger partial charge on any atom is -0.398 e. The molecule has 1 unspecified atom stereocenters. The number of halogens is 1. The Morgan fingerprint density at radius 3 is 2.62 bits per heavy atom. The average molecular weight is 243 g/mol. The van der Waals surface area contributed by atoms with Crippen LogP contribution in [0, 0.1) is 0 Å². The molecule has 1 atom stereocenters. The molecular weight excluding hydrogens is 229 g/mol. The first kappa shape index (κ1) is 11.4. The Labute approximate surface area is 94.4 Å². The lowest BCUT2D eigenvalue weighted by molar-refractivity contribution is 0.174. The van der Waals surface area contributed by atoms with E-state index in [1.54, 1.807) is 24.3 Å². The van der Waals surface area contributed by atoms with Gasteiger partial charge in [-0.1, -0.05) is 18.2 Å². The largest absolute Gasteiger partial charge is 0.398 e. The van der Waals surface area contributed by atoms with Gasteiger partial charge < -0.3 is 5.73 Å². The first-order valence-electron chi connectivity index (χ1n) is 5.17. The lowest BCUT2D eigenvalue weighted by Gasteiger charge is -2.30. The Bertz CT molecular complexity index is 500. The summed E-state index contributed by atoms with van der Waals surface area (Å²) in [4.78, 5) is 0. The normalized spacial score (nSPS) is 28.8. The Kier molecular flexibility index (Phi) is 2.66. The summed E-state index contributed by atoms with van der Waals surface area (Å²) in [5.74, 6) is -0.375. The molecule has 0 amide bonds. The van der Waals surface area contributed by atoms with Gasteiger partial charge in [0.1, 0.15) is 0 Å². The summed E-state index contributed by atoms with van der Waals surface area (Å²) in [6.07, 6.45) is 0.577. The maximum atomic E-state index is 14.6. The molecule has 0 aliphatic carbocycles. The summed E-state index contributed by atoms with van der Waals surface area (Å²) in [5, 5.41) is 0. The topological polar surface area (TPSA) is 60.2 Å². The molecule has 1 aromatic carbocycles. The second kappa shape index (κ2) is 3.73. The van der Waals surface area contributed by atoms with E-state index in [1.165, 1.54) is 0 Å². The molecule has 1 aliphatic heterocycles. The molecule has 5 heteroatoms. The number of nitrogen functional groups attached to an aromatic ring is 1. The number of hydrogen-bond donors (Lipinski definition) is 1. The second-order valence-corrected chi connectivity index (χ2v) is 6.43. The van der Waals surface area contributed by atoms with Gasteiger partial charge in [-0.3, -0.25) is 0 Å². The van der Waals surface area contributed by atoms with Crippen molar-refractivity contribution >= 4 is 15.5 Å². The highest BCUT2D eigenvalue weighted by Crippen LogP contribution is 2.39. The van der Waals surface area contributed by atoms with Gasteiger partial charge in [0, 0.05) is 11.3 Å². The molecule has 0 radical (unpaired) electrons. The highest BCUT2D eigenvalue weighted by Gasteiger charge is 2.41. The van der Waals surface area contributed by atoms with E-state index in [0.29, 0.717) is 17.7 Å². The Morgan fingerprint density at radius 2 is 2.00 bits per heavy atom. The third kappa shape index (κ3) is 2.04. The SMILES string of the molecule is Nc1ccccc1C1(F)CCCS(=O)(=O)C1. The van der Waals surface area contributed by atoms with Crippen molar-refractivity contribution in [2.24, 2.45) is 0 Å². The summed E-state index contributed by atoms with van der Waals surface area (Å²) < 4.78 is 37.5. The molecule has 88 valence electrons. The van der Waals surface area contributed by atoms with Gasteiger partial charge >= 0.3 is 0 Å². The van der Waals surface area contributed by atoms with Crippen LogP contribution in [0.15, 0.2) is 24.3 Å². The second-order valence-electron chi connectivity index (χ2n) is 4.25. The quantitative estimate of drug-likeness (QED) is 0.763. The molecule has 1 aromatic rings. The van der Waals surface area contributed by atoms with Gasteiger partial charge in [0.15, 0.2) is 15.5 Å². The minimum atomic E-state index is -3.29. The standard InChI is InChI=1S/C11H14FNO2S/c12-11(6-3-7-16(14,15)8-11)9-4-1-2-5-10(9)13/h1-2,4-5H,3,6-8,13H2. The molecule has 1 fully saturated rings.